The van der Waals surface area contributed by atoms with Gasteiger partial charge in [-0.3, -0.25) is 9.69 Å². The minimum absolute atomic E-state index is 0.0343. The third kappa shape index (κ3) is 8.58. The maximum Gasteiger partial charge on any atom is 0.335 e. The molecule has 0 saturated carbocycles. The van der Waals surface area contributed by atoms with E-state index in [4.69, 9.17) is 0 Å². The largest absolute Gasteiger partial charge is 0.478 e. The summed E-state index contributed by atoms with van der Waals surface area (Å²) < 4.78 is 0. The summed E-state index contributed by atoms with van der Waals surface area (Å²) in [5, 5.41) is 29.3. The predicted molar refractivity (Wildman–Crippen MR) is 181 cm³/mol. The molecule has 5 rings (SSSR count). The monoisotopic (exact) mass is 630 g/mol. The Kier molecular flexibility index (Phi) is 10.9. The van der Waals surface area contributed by atoms with Gasteiger partial charge in [-0.2, -0.15) is 10.5 Å². The molecule has 0 aromatic heterocycles. The van der Waals surface area contributed by atoms with Gasteiger partial charge in [0, 0.05) is 44.8 Å². The van der Waals surface area contributed by atoms with Crippen molar-refractivity contribution in [2.45, 2.75) is 59.2 Å². The second-order valence-corrected chi connectivity index (χ2v) is 12.6. The first-order valence-corrected chi connectivity index (χ1v) is 16.3. The molecule has 1 N–H and O–H groups in total. The maximum absolute atomic E-state index is 14.1. The number of carboxylic acids is 1. The summed E-state index contributed by atoms with van der Waals surface area (Å²) >= 11 is 0. The summed E-state index contributed by atoms with van der Waals surface area (Å²) in [5.41, 5.74) is 6.22. The van der Waals surface area contributed by atoms with Crippen molar-refractivity contribution < 1.29 is 14.7 Å². The van der Waals surface area contributed by atoms with E-state index in [-0.39, 0.29) is 30.0 Å². The van der Waals surface area contributed by atoms with Crippen LogP contribution in [0.3, 0.4) is 0 Å². The number of benzene rings is 3. The zero-order valence-electron chi connectivity index (χ0n) is 27.3. The molecule has 9 nitrogen and oxygen atoms in total. The zero-order chi connectivity index (χ0) is 33.3. The highest BCUT2D eigenvalue weighted by Crippen LogP contribution is 2.27. The lowest BCUT2D eigenvalue weighted by Crippen LogP contribution is -2.34. The number of allylic oxidation sites excluding steroid dienone is 1. The molecule has 0 radical (unpaired) electrons. The fourth-order valence-corrected chi connectivity index (χ4v) is 6.72. The number of anilines is 1. The first-order chi connectivity index (χ1) is 22.7. The van der Waals surface area contributed by atoms with Crippen molar-refractivity contribution in [2.75, 3.05) is 37.6 Å². The smallest absolute Gasteiger partial charge is 0.335 e. The molecule has 47 heavy (non-hydrogen) atoms. The lowest BCUT2D eigenvalue weighted by molar-refractivity contribution is -0.119. The normalized spacial score (nSPS) is 14.9. The fourth-order valence-electron chi connectivity index (χ4n) is 6.72. The molecule has 2 aliphatic heterocycles. The molecule has 2 heterocycles. The molecule has 2 saturated heterocycles. The van der Waals surface area contributed by atoms with Gasteiger partial charge >= 0.3 is 5.97 Å². The Morgan fingerprint density at radius 3 is 2.17 bits per heavy atom. The van der Waals surface area contributed by atoms with Crippen LogP contribution in [0.5, 0.6) is 0 Å². The van der Waals surface area contributed by atoms with Crippen LogP contribution in [0, 0.1) is 36.5 Å². The number of amides is 1. The Hall–Kier alpha value is -5.12. The van der Waals surface area contributed by atoms with Gasteiger partial charge in [-0.15, -0.1) is 0 Å². The van der Waals surface area contributed by atoms with E-state index in [0.29, 0.717) is 32.0 Å². The van der Waals surface area contributed by atoms with E-state index in [2.05, 4.69) is 66.1 Å². The number of carbonyl (C=O) groups excluding carboxylic acids is 1. The van der Waals surface area contributed by atoms with Crippen LogP contribution < -0.4 is 4.90 Å². The number of carbonyl (C=O) groups is 2. The third-order valence-corrected chi connectivity index (χ3v) is 8.83. The number of aromatic carboxylic acids is 1. The molecule has 0 aliphatic carbocycles. The van der Waals surface area contributed by atoms with Gasteiger partial charge in [0.2, 0.25) is 5.91 Å². The summed E-state index contributed by atoms with van der Waals surface area (Å²) in [6.07, 6.45) is 3.80. The Balaban J connectivity index is 1.37. The van der Waals surface area contributed by atoms with Crippen molar-refractivity contribution >= 4 is 17.6 Å². The Morgan fingerprint density at radius 2 is 1.47 bits per heavy atom. The molecule has 3 aromatic rings. The van der Waals surface area contributed by atoms with Gasteiger partial charge in [-0.05, 0) is 80.7 Å². The van der Waals surface area contributed by atoms with Crippen molar-refractivity contribution in [1.82, 2.24) is 14.7 Å². The number of hydrogen-bond acceptors (Lipinski definition) is 7. The molecule has 2 fully saturated rings. The van der Waals surface area contributed by atoms with Gasteiger partial charge in [0.05, 0.1) is 12.1 Å². The highest BCUT2D eigenvalue weighted by atomic mass is 16.4. The number of nitriles is 2. The van der Waals surface area contributed by atoms with Crippen molar-refractivity contribution in [2.24, 2.45) is 0 Å². The lowest BCUT2D eigenvalue weighted by Gasteiger charge is -2.29. The average molecular weight is 631 g/mol. The van der Waals surface area contributed by atoms with E-state index < -0.39 is 5.97 Å². The molecular formula is C38H42N6O3. The molecular weight excluding hydrogens is 588 g/mol. The molecule has 0 atom stereocenters. The Morgan fingerprint density at radius 1 is 0.787 bits per heavy atom. The number of hydrogen-bond donors (Lipinski definition) is 1. The van der Waals surface area contributed by atoms with Crippen molar-refractivity contribution in [1.29, 1.82) is 10.5 Å². The van der Waals surface area contributed by atoms with Crippen LogP contribution in [-0.4, -0.2) is 64.4 Å². The SMILES string of the molecule is Cc1cc(C)cc(CN2CCN(CCC(=O)N(Cc3cccc(C(=O)O)c3)c3cccc(CN4CCCCC4)c3)C2=C(C#N)C#N)c1. The topological polar surface area (TPSA) is 115 Å². The van der Waals surface area contributed by atoms with Crippen LogP contribution in [0.2, 0.25) is 0 Å². The van der Waals surface area contributed by atoms with Crippen LogP contribution in [-0.2, 0) is 24.4 Å². The summed E-state index contributed by atoms with van der Waals surface area (Å²) in [4.78, 5) is 34.0. The van der Waals surface area contributed by atoms with Crippen LogP contribution in [0.15, 0.2) is 78.1 Å². The second-order valence-electron chi connectivity index (χ2n) is 12.6. The van der Waals surface area contributed by atoms with E-state index in [1.807, 2.05) is 23.1 Å². The van der Waals surface area contributed by atoms with Gasteiger partial charge in [0.15, 0.2) is 5.57 Å². The van der Waals surface area contributed by atoms with Crippen LogP contribution in [0.25, 0.3) is 0 Å². The van der Waals surface area contributed by atoms with Crippen LogP contribution >= 0.6 is 0 Å². The van der Waals surface area contributed by atoms with Gasteiger partial charge < -0.3 is 19.8 Å². The summed E-state index contributed by atoms with van der Waals surface area (Å²) in [6, 6.07) is 25.2. The predicted octanol–water partition coefficient (Wildman–Crippen LogP) is 5.99. The molecule has 9 heteroatoms. The van der Waals surface area contributed by atoms with Crippen LogP contribution in [0.4, 0.5) is 5.69 Å². The molecule has 0 bridgehead atoms. The van der Waals surface area contributed by atoms with Gasteiger partial charge in [0.25, 0.3) is 0 Å². The number of piperidine rings is 1. The van der Waals surface area contributed by atoms with Gasteiger partial charge in [0.1, 0.15) is 18.0 Å². The number of aryl methyl sites for hydroxylation is 2. The van der Waals surface area contributed by atoms with Crippen molar-refractivity contribution in [3.63, 3.8) is 0 Å². The van der Waals surface area contributed by atoms with Crippen LogP contribution in [0.1, 0.15) is 63.9 Å². The average Bonchev–Trinajstić information content (AvgIpc) is 3.45. The number of nitrogens with zero attached hydrogens (tertiary/aromatic N) is 6. The van der Waals surface area contributed by atoms with Crippen molar-refractivity contribution in [3.8, 4) is 12.1 Å². The highest BCUT2D eigenvalue weighted by molar-refractivity contribution is 5.93. The van der Waals surface area contributed by atoms with E-state index in [1.54, 1.807) is 23.1 Å². The minimum atomic E-state index is -1.02. The van der Waals surface area contributed by atoms with E-state index in [9.17, 15) is 25.2 Å². The molecule has 242 valence electrons. The number of rotatable bonds is 11. The van der Waals surface area contributed by atoms with Crippen molar-refractivity contribution in [3.05, 3.63) is 112 Å². The number of likely N-dealkylation sites (tertiary alicyclic amines) is 1. The fraction of sp³-hybridized carbons (Fsp3) is 0.368. The number of carboxylic acid groups (broad SMARTS) is 1. The van der Waals surface area contributed by atoms with Gasteiger partial charge in [-0.25, -0.2) is 4.79 Å². The molecule has 2 aliphatic rings. The lowest BCUT2D eigenvalue weighted by atomic mass is 10.1. The maximum atomic E-state index is 14.1. The molecule has 3 aromatic carbocycles. The van der Waals surface area contributed by atoms with Gasteiger partial charge in [-0.1, -0.05) is 60.0 Å². The Labute approximate surface area is 277 Å². The van der Waals surface area contributed by atoms with E-state index in [1.165, 1.54) is 19.3 Å². The zero-order valence-corrected chi connectivity index (χ0v) is 27.3. The first-order valence-electron chi connectivity index (χ1n) is 16.3. The third-order valence-electron chi connectivity index (χ3n) is 8.83. The minimum Gasteiger partial charge on any atom is -0.478 e. The highest BCUT2D eigenvalue weighted by Gasteiger charge is 2.30. The summed E-state index contributed by atoms with van der Waals surface area (Å²) in [7, 11) is 0. The molecule has 0 spiro atoms. The quantitative estimate of drug-likeness (QED) is 0.257. The molecule has 0 unspecified atom stereocenters. The van der Waals surface area contributed by atoms with E-state index >= 15 is 0 Å². The molecule has 1 amide bonds. The summed E-state index contributed by atoms with van der Waals surface area (Å²) in [5.74, 6) is -0.576. The Bertz CT molecular complexity index is 1690. The first kappa shape index (κ1) is 33.2. The standard InChI is InChI=1S/C38H42N6O3/c1-28-18-29(2)20-32(19-28)26-43-17-16-42(37(43)34(23-39)24-40)15-12-36(45)44(27-30-8-6-10-33(21-30)38(46)47)35-11-7-9-31(22-35)25-41-13-4-3-5-14-41/h6-11,18-22H,3-5,12-17,25-27H2,1-2H3,(H,46,47). The van der Waals surface area contributed by atoms with E-state index in [0.717, 1.165) is 53.1 Å². The summed E-state index contributed by atoms with van der Waals surface area (Å²) in [6.45, 7) is 9.39. The second kappa shape index (κ2) is 15.4.